The van der Waals surface area contributed by atoms with E-state index in [1.165, 1.54) is 0 Å². The molecule has 3 heteroatoms. The molecule has 0 saturated heterocycles. The molecule has 0 aliphatic carbocycles. The zero-order valence-corrected chi connectivity index (χ0v) is 7.16. The Morgan fingerprint density at radius 2 is 2.10 bits per heavy atom. The summed E-state index contributed by atoms with van der Waals surface area (Å²) in [6, 6.07) is 0. The molecule has 0 amide bonds. The standard InChI is InChI=1S/C7H12O2S/c1-3-5-6(10)7(8)9-4-2/h3-5H2,1-2H3. The molecule has 2 nitrogen and oxygen atoms in total. The Hall–Kier alpha value is -0.440. The highest BCUT2D eigenvalue weighted by Gasteiger charge is 2.06. The summed E-state index contributed by atoms with van der Waals surface area (Å²) in [5.41, 5.74) is 0. The fourth-order valence-corrected chi connectivity index (χ4v) is 0.804. The van der Waals surface area contributed by atoms with Crippen LogP contribution in [0.5, 0.6) is 0 Å². The Bertz CT molecular complexity index is 116. The molecular formula is C7H12O2S. The summed E-state index contributed by atoms with van der Waals surface area (Å²) in [5, 5.41) is 0. The molecule has 0 bridgehead atoms. The summed E-state index contributed by atoms with van der Waals surface area (Å²) in [5.74, 6) is -0.334. The van der Waals surface area contributed by atoms with E-state index in [-0.39, 0.29) is 5.97 Å². The van der Waals surface area contributed by atoms with E-state index < -0.39 is 0 Å². The smallest absolute Gasteiger partial charge is 0.344 e. The Kier molecular flexibility index (Phi) is 5.12. The number of thiocarbonyl (C=S) groups is 1. The molecular weight excluding hydrogens is 148 g/mol. The maximum Gasteiger partial charge on any atom is 0.344 e. The van der Waals surface area contributed by atoms with E-state index in [0.29, 0.717) is 17.9 Å². The van der Waals surface area contributed by atoms with Gasteiger partial charge in [-0.2, -0.15) is 0 Å². The lowest BCUT2D eigenvalue weighted by molar-refractivity contribution is -0.134. The highest BCUT2D eigenvalue weighted by molar-refractivity contribution is 7.82. The van der Waals surface area contributed by atoms with Crippen LogP contribution in [0.1, 0.15) is 26.7 Å². The van der Waals surface area contributed by atoms with Gasteiger partial charge in [-0.1, -0.05) is 25.6 Å². The van der Waals surface area contributed by atoms with Crippen LogP contribution in [0.4, 0.5) is 0 Å². The lowest BCUT2D eigenvalue weighted by atomic mass is 10.2. The van der Waals surface area contributed by atoms with E-state index in [9.17, 15) is 4.79 Å². The quantitative estimate of drug-likeness (QED) is 0.462. The van der Waals surface area contributed by atoms with Crippen molar-refractivity contribution in [2.24, 2.45) is 0 Å². The minimum Gasteiger partial charge on any atom is -0.462 e. The van der Waals surface area contributed by atoms with Gasteiger partial charge in [-0.05, 0) is 13.3 Å². The van der Waals surface area contributed by atoms with Crippen LogP contribution in [-0.4, -0.2) is 17.4 Å². The van der Waals surface area contributed by atoms with Crippen LogP contribution in [0.3, 0.4) is 0 Å². The molecule has 0 fully saturated rings. The molecule has 0 saturated carbocycles. The molecule has 0 radical (unpaired) electrons. The predicted octanol–water partition coefficient (Wildman–Crippen LogP) is 1.72. The van der Waals surface area contributed by atoms with Crippen molar-refractivity contribution in [3.63, 3.8) is 0 Å². The summed E-state index contributed by atoms with van der Waals surface area (Å²) >= 11 is 4.77. The molecule has 0 aromatic heterocycles. The molecule has 0 heterocycles. The third-order valence-electron chi connectivity index (χ3n) is 0.980. The average Bonchev–Trinajstić information content (AvgIpc) is 1.89. The Morgan fingerprint density at radius 1 is 1.50 bits per heavy atom. The van der Waals surface area contributed by atoms with E-state index in [4.69, 9.17) is 12.2 Å². The van der Waals surface area contributed by atoms with Crippen LogP contribution in [0.15, 0.2) is 0 Å². The first-order valence-corrected chi connectivity index (χ1v) is 3.83. The minimum atomic E-state index is -0.334. The first-order chi connectivity index (χ1) is 4.72. The summed E-state index contributed by atoms with van der Waals surface area (Å²) in [6.45, 7) is 4.15. The maximum absolute atomic E-state index is 10.8. The normalized spacial score (nSPS) is 9.00. The van der Waals surface area contributed by atoms with Gasteiger partial charge in [0.2, 0.25) is 0 Å². The van der Waals surface area contributed by atoms with Crippen molar-refractivity contribution in [2.75, 3.05) is 6.61 Å². The number of ether oxygens (including phenoxy) is 1. The largest absolute Gasteiger partial charge is 0.462 e. The van der Waals surface area contributed by atoms with Crippen LogP contribution in [-0.2, 0) is 9.53 Å². The van der Waals surface area contributed by atoms with E-state index in [2.05, 4.69) is 4.74 Å². The first kappa shape index (κ1) is 9.56. The van der Waals surface area contributed by atoms with Crippen LogP contribution in [0, 0.1) is 0 Å². The average molecular weight is 160 g/mol. The maximum atomic E-state index is 10.8. The third-order valence-corrected chi connectivity index (χ3v) is 1.35. The molecule has 58 valence electrons. The van der Waals surface area contributed by atoms with Gasteiger partial charge in [0.05, 0.1) is 6.61 Å². The molecule has 0 unspecified atom stereocenters. The fourth-order valence-electron chi connectivity index (χ4n) is 0.541. The van der Waals surface area contributed by atoms with Gasteiger partial charge in [-0.25, -0.2) is 4.79 Å². The number of carbonyl (C=O) groups excluding carboxylic acids is 1. The van der Waals surface area contributed by atoms with Gasteiger partial charge in [0.15, 0.2) is 0 Å². The molecule has 0 spiro atoms. The Balaban J connectivity index is 3.60. The van der Waals surface area contributed by atoms with Crippen molar-refractivity contribution >= 4 is 23.1 Å². The topological polar surface area (TPSA) is 26.3 Å². The minimum absolute atomic E-state index is 0.334. The summed E-state index contributed by atoms with van der Waals surface area (Å²) in [4.78, 5) is 11.2. The van der Waals surface area contributed by atoms with Gasteiger partial charge in [0.1, 0.15) is 4.86 Å². The summed E-state index contributed by atoms with van der Waals surface area (Å²) in [6.07, 6.45) is 1.56. The lowest BCUT2D eigenvalue weighted by Crippen LogP contribution is -2.14. The summed E-state index contributed by atoms with van der Waals surface area (Å²) < 4.78 is 4.68. The number of hydrogen-bond donors (Lipinski definition) is 0. The van der Waals surface area contributed by atoms with Crippen LogP contribution < -0.4 is 0 Å². The van der Waals surface area contributed by atoms with Crippen molar-refractivity contribution in [3.8, 4) is 0 Å². The SMILES string of the molecule is CCCC(=S)C(=O)OCC. The lowest BCUT2D eigenvalue weighted by Gasteiger charge is -2.00. The number of hydrogen-bond acceptors (Lipinski definition) is 3. The monoisotopic (exact) mass is 160 g/mol. The zero-order chi connectivity index (χ0) is 7.98. The van der Waals surface area contributed by atoms with Gasteiger partial charge in [0, 0.05) is 0 Å². The Labute approximate surface area is 66.6 Å². The number of esters is 1. The van der Waals surface area contributed by atoms with Gasteiger partial charge in [0.25, 0.3) is 0 Å². The number of carbonyl (C=O) groups is 1. The van der Waals surface area contributed by atoms with Crippen LogP contribution >= 0.6 is 12.2 Å². The zero-order valence-electron chi connectivity index (χ0n) is 6.35. The molecule has 10 heavy (non-hydrogen) atoms. The van der Waals surface area contributed by atoms with Crippen LogP contribution in [0.2, 0.25) is 0 Å². The van der Waals surface area contributed by atoms with Crippen LogP contribution in [0.25, 0.3) is 0 Å². The highest BCUT2D eigenvalue weighted by Crippen LogP contribution is 1.94. The van der Waals surface area contributed by atoms with Gasteiger partial charge >= 0.3 is 5.97 Å². The third kappa shape index (κ3) is 3.56. The molecule has 0 aromatic carbocycles. The van der Waals surface area contributed by atoms with Crippen molar-refractivity contribution < 1.29 is 9.53 Å². The first-order valence-electron chi connectivity index (χ1n) is 3.42. The van der Waals surface area contributed by atoms with Gasteiger partial charge < -0.3 is 4.74 Å². The van der Waals surface area contributed by atoms with E-state index in [0.717, 1.165) is 6.42 Å². The van der Waals surface area contributed by atoms with Gasteiger partial charge in [-0.15, -0.1) is 0 Å². The van der Waals surface area contributed by atoms with E-state index in [1.807, 2.05) is 6.92 Å². The highest BCUT2D eigenvalue weighted by atomic mass is 32.1. The second-order valence-corrected chi connectivity index (χ2v) is 2.39. The number of rotatable bonds is 4. The van der Waals surface area contributed by atoms with Crippen molar-refractivity contribution in [3.05, 3.63) is 0 Å². The molecule has 0 rings (SSSR count). The molecule has 0 aliphatic heterocycles. The van der Waals surface area contributed by atoms with Crippen molar-refractivity contribution in [1.29, 1.82) is 0 Å². The Morgan fingerprint density at radius 3 is 2.50 bits per heavy atom. The molecule has 0 aromatic rings. The molecule has 0 N–H and O–H groups in total. The molecule has 0 aliphatic rings. The van der Waals surface area contributed by atoms with Gasteiger partial charge in [-0.3, -0.25) is 0 Å². The molecule has 0 atom stereocenters. The second kappa shape index (κ2) is 5.35. The summed E-state index contributed by atoms with van der Waals surface area (Å²) in [7, 11) is 0. The fraction of sp³-hybridized carbons (Fsp3) is 0.714. The van der Waals surface area contributed by atoms with E-state index in [1.54, 1.807) is 6.92 Å². The second-order valence-electron chi connectivity index (χ2n) is 1.89. The van der Waals surface area contributed by atoms with Crippen molar-refractivity contribution in [1.82, 2.24) is 0 Å². The van der Waals surface area contributed by atoms with E-state index >= 15 is 0 Å². The van der Waals surface area contributed by atoms with Crippen molar-refractivity contribution in [2.45, 2.75) is 26.7 Å². The predicted molar refractivity (Wildman–Crippen MR) is 44.1 cm³/mol.